The molecule has 2 aromatic carbocycles. The van der Waals surface area contributed by atoms with Crippen LogP contribution in [0.5, 0.6) is 23.0 Å². The van der Waals surface area contributed by atoms with Crippen LogP contribution in [0, 0.1) is 0 Å². The van der Waals surface area contributed by atoms with Crippen LogP contribution in [0.3, 0.4) is 0 Å². The number of aliphatic hydroxyl groups is 1. The van der Waals surface area contributed by atoms with Crippen LogP contribution in [0.15, 0.2) is 42.5 Å². The quantitative estimate of drug-likeness (QED) is 0.722. The predicted molar refractivity (Wildman–Crippen MR) is 92.5 cm³/mol. The van der Waals surface area contributed by atoms with Gasteiger partial charge in [-0.05, 0) is 38.1 Å². The number of rotatable bonds is 7. The van der Waals surface area contributed by atoms with Crippen molar-refractivity contribution in [3.05, 3.63) is 53.6 Å². The molecular weight excluding hydrogens is 308 g/mol. The van der Waals surface area contributed by atoms with E-state index >= 15 is 0 Å². The number of benzene rings is 2. The zero-order valence-electron chi connectivity index (χ0n) is 13.8. The minimum Gasteiger partial charge on any atom is -0.508 e. The largest absolute Gasteiger partial charge is 0.508 e. The minimum atomic E-state index is -0.907. The minimum absolute atomic E-state index is 0.0182. The van der Waals surface area contributed by atoms with Crippen molar-refractivity contribution in [2.75, 3.05) is 13.2 Å². The Hall–Kier alpha value is -2.66. The molecule has 24 heavy (non-hydrogen) atoms. The van der Waals surface area contributed by atoms with Crippen molar-refractivity contribution in [2.45, 2.75) is 20.0 Å². The molecule has 0 saturated carbocycles. The monoisotopic (exact) mass is 330 g/mol. The van der Waals surface area contributed by atoms with Gasteiger partial charge in [-0.25, -0.2) is 0 Å². The molecule has 2 rings (SSSR count). The van der Waals surface area contributed by atoms with Crippen molar-refractivity contribution in [3.8, 4) is 23.0 Å². The fraction of sp³-hybridized carbons (Fsp3) is 0.263. The van der Waals surface area contributed by atoms with E-state index in [9.17, 15) is 15.3 Å². The van der Waals surface area contributed by atoms with E-state index in [2.05, 4.69) is 0 Å². The summed E-state index contributed by atoms with van der Waals surface area (Å²) in [6.45, 7) is 4.79. The van der Waals surface area contributed by atoms with Crippen LogP contribution in [-0.4, -0.2) is 28.5 Å². The molecule has 0 aliphatic rings. The van der Waals surface area contributed by atoms with Gasteiger partial charge >= 0.3 is 0 Å². The molecule has 2 aromatic rings. The molecular formula is C19H22O5. The zero-order valence-corrected chi connectivity index (χ0v) is 13.8. The topological polar surface area (TPSA) is 79.2 Å². The van der Waals surface area contributed by atoms with Crippen molar-refractivity contribution in [2.24, 2.45) is 0 Å². The summed E-state index contributed by atoms with van der Waals surface area (Å²) in [5, 5.41) is 29.5. The summed E-state index contributed by atoms with van der Waals surface area (Å²) < 4.78 is 11.0. The van der Waals surface area contributed by atoms with Gasteiger partial charge in [-0.1, -0.05) is 12.2 Å². The fourth-order valence-corrected chi connectivity index (χ4v) is 2.27. The molecule has 0 amide bonds. The van der Waals surface area contributed by atoms with Gasteiger partial charge in [0.15, 0.2) is 0 Å². The van der Waals surface area contributed by atoms with Crippen molar-refractivity contribution < 1.29 is 24.8 Å². The van der Waals surface area contributed by atoms with Crippen LogP contribution in [0.4, 0.5) is 0 Å². The number of phenols is 2. The summed E-state index contributed by atoms with van der Waals surface area (Å²) >= 11 is 0. The SMILES string of the molecule is CCOc1ccc(C(O)C=Cc2ccc(O)cc2O)c(OCC)c1. The van der Waals surface area contributed by atoms with Crippen molar-refractivity contribution in [1.82, 2.24) is 0 Å². The van der Waals surface area contributed by atoms with Crippen LogP contribution in [0.2, 0.25) is 0 Å². The first-order valence-corrected chi connectivity index (χ1v) is 7.83. The molecule has 5 heteroatoms. The van der Waals surface area contributed by atoms with Crippen LogP contribution < -0.4 is 9.47 Å². The number of hydrogen-bond donors (Lipinski definition) is 3. The van der Waals surface area contributed by atoms with Gasteiger partial charge in [0.25, 0.3) is 0 Å². The maximum absolute atomic E-state index is 10.4. The molecule has 1 atom stereocenters. The molecule has 5 nitrogen and oxygen atoms in total. The molecule has 3 N–H and O–H groups in total. The van der Waals surface area contributed by atoms with Crippen LogP contribution in [-0.2, 0) is 0 Å². The first kappa shape index (κ1) is 17.7. The van der Waals surface area contributed by atoms with E-state index in [0.717, 1.165) is 0 Å². The van der Waals surface area contributed by atoms with Gasteiger partial charge in [0, 0.05) is 23.3 Å². The average molecular weight is 330 g/mol. The Bertz CT molecular complexity index is 709. The van der Waals surface area contributed by atoms with E-state index in [1.807, 2.05) is 13.8 Å². The molecule has 0 bridgehead atoms. The molecule has 128 valence electrons. The lowest BCUT2D eigenvalue weighted by Gasteiger charge is -2.15. The molecule has 0 aliphatic heterocycles. The lowest BCUT2D eigenvalue weighted by molar-refractivity contribution is 0.220. The Labute approximate surface area is 141 Å². The average Bonchev–Trinajstić information content (AvgIpc) is 2.55. The third-order valence-electron chi connectivity index (χ3n) is 3.39. The number of aliphatic hydroxyl groups excluding tert-OH is 1. The highest BCUT2D eigenvalue weighted by Gasteiger charge is 2.12. The van der Waals surface area contributed by atoms with Crippen molar-refractivity contribution in [1.29, 1.82) is 0 Å². The maximum atomic E-state index is 10.4. The third kappa shape index (κ3) is 4.43. The summed E-state index contributed by atoms with van der Waals surface area (Å²) in [6.07, 6.45) is 2.23. The second-order valence-corrected chi connectivity index (χ2v) is 5.11. The van der Waals surface area contributed by atoms with Gasteiger partial charge in [0.2, 0.25) is 0 Å². The van der Waals surface area contributed by atoms with E-state index in [-0.39, 0.29) is 11.5 Å². The normalized spacial score (nSPS) is 12.3. The Morgan fingerprint density at radius 3 is 2.42 bits per heavy atom. The molecule has 1 unspecified atom stereocenters. The molecule has 0 heterocycles. The Morgan fingerprint density at radius 1 is 1.00 bits per heavy atom. The highest BCUT2D eigenvalue weighted by atomic mass is 16.5. The predicted octanol–water partition coefficient (Wildman–Crippen LogP) is 3.64. The smallest absolute Gasteiger partial charge is 0.129 e. The van der Waals surface area contributed by atoms with Crippen molar-refractivity contribution >= 4 is 6.08 Å². The van der Waals surface area contributed by atoms with Crippen molar-refractivity contribution in [3.63, 3.8) is 0 Å². The number of aromatic hydroxyl groups is 2. The lowest BCUT2D eigenvalue weighted by Crippen LogP contribution is -2.02. The van der Waals surface area contributed by atoms with E-state index in [4.69, 9.17) is 9.47 Å². The van der Waals surface area contributed by atoms with Gasteiger partial charge in [-0.15, -0.1) is 0 Å². The van der Waals surface area contributed by atoms with E-state index < -0.39 is 6.10 Å². The van der Waals surface area contributed by atoms with Crippen LogP contribution in [0.1, 0.15) is 31.1 Å². The summed E-state index contributed by atoms with van der Waals surface area (Å²) in [5.41, 5.74) is 1.10. The number of hydrogen-bond acceptors (Lipinski definition) is 5. The van der Waals surface area contributed by atoms with E-state index in [1.165, 1.54) is 12.1 Å². The number of phenolic OH excluding ortho intramolecular Hbond substituents is 2. The molecule has 0 aromatic heterocycles. The molecule has 0 fully saturated rings. The molecule has 0 saturated heterocycles. The highest BCUT2D eigenvalue weighted by molar-refractivity contribution is 5.59. The van der Waals surface area contributed by atoms with Gasteiger partial charge in [0.1, 0.15) is 29.1 Å². The Balaban J connectivity index is 2.24. The van der Waals surface area contributed by atoms with E-state index in [0.29, 0.717) is 35.8 Å². The summed E-state index contributed by atoms with van der Waals surface area (Å²) in [7, 11) is 0. The van der Waals surface area contributed by atoms with Crippen LogP contribution >= 0.6 is 0 Å². The standard InChI is InChI=1S/C19H22O5/c1-3-23-15-8-9-16(19(12-15)24-4-2)17(21)10-6-13-5-7-14(20)11-18(13)22/h5-12,17,20-22H,3-4H2,1-2H3. The molecule has 0 aliphatic carbocycles. The number of ether oxygens (including phenoxy) is 2. The van der Waals surface area contributed by atoms with E-state index in [1.54, 1.807) is 36.4 Å². The first-order valence-electron chi connectivity index (χ1n) is 7.83. The van der Waals surface area contributed by atoms with Gasteiger partial charge < -0.3 is 24.8 Å². The lowest BCUT2D eigenvalue weighted by atomic mass is 10.1. The zero-order chi connectivity index (χ0) is 17.5. The third-order valence-corrected chi connectivity index (χ3v) is 3.39. The summed E-state index contributed by atoms with van der Waals surface area (Å²) in [5.74, 6) is 1.15. The van der Waals surface area contributed by atoms with Gasteiger partial charge in [-0.3, -0.25) is 0 Å². The fourth-order valence-electron chi connectivity index (χ4n) is 2.27. The summed E-state index contributed by atoms with van der Waals surface area (Å²) in [4.78, 5) is 0. The maximum Gasteiger partial charge on any atom is 0.129 e. The second-order valence-electron chi connectivity index (χ2n) is 5.11. The van der Waals surface area contributed by atoms with Crippen LogP contribution in [0.25, 0.3) is 6.08 Å². The first-order chi connectivity index (χ1) is 11.5. The summed E-state index contributed by atoms with van der Waals surface area (Å²) in [6, 6.07) is 9.55. The van der Waals surface area contributed by atoms with Gasteiger partial charge in [0.05, 0.1) is 13.2 Å². The Morgan fingerprint density at radius 2 is 1.75 bits per heavy atom. The highest BCUT2D eigenvalue weighted by Crippen LogP contribution is 2.31. The molecule has 0 radical (unpaired) electrons. The Kier molecular flexibility index (Phi) is 6.09. The molecule has 0 spiro atoms. The van der Waals surface area contributed by atoms with Gasteiger partial charge in [-0.2, -0.15) is 0 Å². The second kappa shape index (κ2) is 8.26.